The van der Waals surface area contributed by atoms with E-state index in [-0.39, 0.29) is 0 Å². The minimum absolute atomic E-state index is 0.416. The Hall–Kier alpha value is -3.02. The Balaban J connectivity index is 2.05. The maximum Gasteiger partial charge on any atom is 0.338 e. The van der Waals surface area contributed by atoms with Crippen molar-refractivity contribution in [3.63, 3.8) is 0 Å². The molecule has 0 N–H and O–H groups in total. The third kappa shape index (κ3) is 2.06. The zero-order chi connectivity index (χ0) is 14.8. The van der Waals surface area contributed by atoms with Crippen molar-refractivity contribution in [2.75, 3.05) is 9.80 Å². The standard InChI is InChI=1S/C15H11N3O3/c19-14-13(16-21)17(11-7-3-1-4-8-11)15(20)18(14)12-9-5-2-6-10-12/h1-10,13H/t13-/m0/s1. The van der Waals surface area contributed by atoms with Gasteiger partial charge in [-0.3, -0.25) is 9.69 Å². The van der Waals surface area contributed by atoms with E-state index in [0.717, 1.165) is 9.80 Å². The Morgan fingerprint density at radius 3 is 1.86 bits per heavy atom. The number of carbonyl (C=O) groups excluding carboxylic acids is 2. The first-order valence-electron chi connectivity index (χ1n) is 6.34. The Bertz CT molecular complexity index is 688. The molecule has 2 aromatic rings. The maximum absolute atomic E-state index is 12.5. The van der Waals surface area contributed by atoms with Crippen LogP contribution in [0.3, 0.4) is 0 Å². The fraction of sp³-hybridized carbons (Fsp3) is 0.0667. The molecule has 0 saturated carbocycles. The van der Waals surface area contributed by atoms with Crippen molar-refractivity contribution in [1.29, 1.82) is 0 Å². The number of nitrogens with zero attached hydrogens (tertiary/aromatic N) is 3. The summed E-state index contributed by atoms with van der Waals surface area (Å²) in [5.74, 6) is -0.648. The van der Waals surface area contributed by atoms with E-state index < -0.39 is 18.1 Å². The Morgan fingerprint density at radius 1 is 0.810 bits per heavy atom. The lowest BCUT2D eigenvalue weighted by atomic mass is 10.3. The van der Waals surface area contributed by atoms with Crippen molar-refractivity contribution in [3.8, 4) is 0 Å². The number of carbonyl (C=O) groups is 2. The number of benzene rings is 2. The SMILES string of the molecule is O=N[C@@H]1C(=O)N(c2ccccc2)C(=O)N1c1ccccc1. The van der Waals surface area contributed by atoms with Crippen LogP contribution in [0.5, 0.6) is 0 Å². The normalized spacial score (nSPS) is 18.2. The fourth-order valence-electron chi connectivity index (χ4n) is 2.28. The summed E-state index contributed by atoms with van der Waals surface area (Å²) in [6, 6.07) is 16.4. The molecule has 6 nitrogen and oxygen atoms in total. The molecule has 2 aromatic carbocycles. The first-order valence-corrected chi connectivity index (χ1v) is 6.34. The highest BCUT2D eigenvalue weighted by Crippen LogP contribution is 2.29. The quantitative estimate of drug-likeness (QED) is 0.641. The van der Waals surface area contributed by atoms with Crippen LogP contribution in [0.4, 0.5) is 16.2 Å². The van der Waals surface area contributed by atoms with Crippen molar-refractivity contribution >= 4 is 23.3 Å². The molecule has 1 aliphatic heterocycles. The second-order valence-electron chi connectivity index (χ2n) is 4.48. The highest BCUT2D eigenvalue weighted by Gasteiger charge is 2.48. The van der Waals surface area contributed by atoms with Crippen molar-refractivity contribution < 1.29 is 9.59 Å². The van der Waals surface area contributed by atoms with Crippen LogP contribution in [0.15, 0.2) is 65.8 Å². The summed E-state index contributed by atoms with van der Waals surface area (Å²) in [6.07, 6.45) is -1.37. The number of nitroso groups, excluding NO2 is 1. The number of rotatable bonds is 3. The summed E-state index contributed by atoms with van der Waals surface area (Å²) in [5, 5.41) is 2.82. The largest absolute Gasteiger partial charge is 0.338 e. The second kappa shape index (κ2) is 5.16. The maximum atomic E-state index is 12.5. The number of urea groups is 1. The van der Waals surface area contributed by atoms with Crippen LogP contribution < -0.4 is 9.80 Å². The van der Waals surface area contributed by atoms with Gasteiger partial charge in [-0.05, 0) is 29.4 Å². The van der Waals surface area contributed by atoms with Crippen LogP contribution in [0.1, 0.15) is 0 Å². The molecule has 1 atom stereocenters. The van der Waals surface area contributed by atoms with E-state index in [4.69, 9.17) is 0 Å². The van der Waals surface area contributed by atoms with Crippen molar-refractivity contribution in [3.05, 3.63) is 65.6 Å². The minimum atomic E-state index is -1.37. The molecule has 104 valence electrons. The van der Waals surface area contributed by atoms with E-state index in [1.807, 2.05) is 0 Å². The van der Waals surface area contributed by atoms with Crippen molar-refractivity contribution in [2.45, 2.75) is 6.17 Å². The minimum Gasteiger partial charge on any atom is -0.269 e. The average Bonchev–Trinajstić information content (AvgIpc) is 2.79. The number of amides is 3. The van der Waals surface area contributed by atoms with Crippen LogP contribution >= 0.6 is 0 Å². The summed E-state index contributed by atoms with van der Waals surface area (Å²) in [7, 11) is 0. The molecular weight excluding hydrogens is 270 g/mol. The summed E-state index contributed by atoms with van der Waals surface area (Å²) in [5.41, 5.74) is 0.874. The molecule has 0 radical (unpaired) electrons. The monoisotopic (exact) mass is 281 g/mol. The predicted molar refractivity (Wildman–Crippen MR) is 77.8 cm³/mol. The highest BCUT2D eigenvalue weighted by molar-refractivity contribution is 6.28. The number of anilines is 2. The zero-order valence-electron chi connectivity index (χ0n) is 10.9. The van der Waals surface area contributed by atoms with Gasteiger partial charge in [0.2, 0.25) is 0 Å². The van der Waals surface area contributed by atoms with Gasteiger partial charge in [-0.25, -0.2) is 9.69 Å². The van der Waals surface area contributed by atoms with E-state index in [0.29, 0.717) is 11.4 Å². The lowest BCUT2D eigenvalue weighted by Crippen LogP contribution is -2.34. The molecular formula is C15H11N3O3. The van der Waals surface area contributed by atoms with Gasteiger partial charge in [-0.2, -0.15) is 0 Å². The molecule has 1 aliphatic rings. The number of para-hydroxylation sites is 2. The van der Waals surface area contributed by atoms with Crippen LogP contribution in [-0.4, -0.2) is 18.1 Å². The van der Waals surface area contributed by atoms with Gasteiger partial charge in [0.05, 0.1) is 5.69 Å². The number of imide groups is 1. The molecule has 0 aromatic heterocycles. The zero-order valence-corrected chi connectivity index (χ0v) is 10.9. The van der Waals surface area contributed by atoms with Gasteiger partial charge in [0.25, 0.3) is 12.1 Å². The van der Waals surface area contributed by atoms with Crippen molar-refractivity contribution in [2.24, 2.45) is 5.18 Å². The van der Waals surface area contributed by atoms with Gasteiger partial charge in [0.1, 0.15) is 0 Å². The van der Waals surface area contributed by atoms with E-state index in [2.05, 4.69) is 5.18 Å². The molecule has 0 unspecified atom stereocenters. The Morgan fingerprint density at radius 2 is 1.33 bits per heavy atom. The number of hydrogen-bond acceptors (Lipinski definition) is 4. The van der Waals surface area contributed by atoms with Crippen LogP contribution in [0.2, 0.25) is 0 Å². The fourth-order valence-corrected chi connectivity index (χ4v) is 2.28. The number of hydrogen-bond donors (Lipinski definition) is 0. The lowest BCUT2D eigenvalue weighted by Gasteiger charge is -2.17. The molecule has 3 amide bonds. The molecule has 0 bridgehead atoms. The van der Waals surface area contributed by atoms with Gasteiger partial charge in [0.15, 0.2) is 0 Å². The smallest absolute Gasteiger partial charge is 0.269 e. The van der Waals surface area contributed by atoms with E-state index in [9.17, 15) is 14.5 Å². The molecule has 0 spiro atoms. The first-order chi connectivity index (χ1) is 10.2. The van der Waals surface area contributed by atoms with Crippen LogP contribution in [0.25, 0.3) is 0 Å². The van der Waals surface area contributed by atoms with E-state index >= 15 is 0 Å². The summed E-state index contributed by atoms with van der Waals surface area (Å²) < 4.78 is 0. The topological polar surface area (TPSA) is 70.0 Å². The third-order valence-electron chi connectivity index (χ3n) is 3.23. The van der Waals surface area contributed by atoms with Crippen LogP contribution in [0, 0.1) is 4.91 Å². The molecule has 3 rings (SSSR count). The molecule has 1 saturated heterocycles. The first kappa shape index (κ1) is 13.0. The molecule has 6 heteroatoms. The third-order valence-corrected chi connectivity index (χ3v) is 3.23. The molecule has 0 aliphatic carbocycles. The summed E-state index contributed by atoms with van der Waals surface area (Å²) >= 11 is 0. The van der Waals surface area contributed by atoms with Gasteiger partial charge < -0.3 is 0 Å². The average molecular weight is 281 g/mol. The highest BCUT2D eigenvalue weighted by atomic mass is 16.3. The van der Waals surface area contributed by atoms with E-state index in [1.54, 1.807) is 60.7 Å². The van der Waals surface area contributed by atoms with Gasteiger partial charge in [-0.15, -0.1) is 4.91 Å². The molecule has 21 heavy (non-hydrogen) atoms. The lowest BCUT2D eigenvalue weighted by molar-refractivity contribution is -0.117. The Kier molecular flexibility index (Phi) is 3.19. The van der Waals surface area contributed by atoms with Gasteiger partial charge in [0, 0.05) is 5.69 Å². The van der Waals surface area contributed by atoms with E-state index in [1.165, 1.54) is 0 Å². The van der Waals surface area contributed by atoms with Gasteiger partial charge >= 0.3 is 6.03 Å². The molecule has 1 heterocycles. The summed E-state index contributed by atoms with van der Waals surface area (Å²) in [6.45, 7) is 0. The predicted octanol–water partition coefficient (Wildman–Crippen LogP) is 2.75. The van der Waals surface area contributed by atoms with Crippen LogP contribution in [-0.2, 0) is 4.79 Å². The van der Waals surface area contributed by atoms with Crippen molar-refractivity contribution in [1.82, 2.24) is 0 Å². The summed E-state index contributed by atoms with van der Waals surface area (Å²) in [4.78, 5) is 37.9. The second-order valence-corrected chi connectivity index (χ2v) is 4.48. The van der Waals surface area contributed by atoms with Gasteiger partial charge in [-0.1, -0.05) is 36.4 Å². The molecule has 1 fully saturated rings. The Labute approximate surface area is 120 Å².